The predicted molar refractivity (Wildman–Crippen MR) is 102 cm³/mol. The number of carboxylic acids is 1. The predicted octanol–water partition coefficient (Wildman–Crippen LogP) is 2.64. The van der Waals surface area contributed by atoms with Crippen LogP contribution in [0.5, 0.6) is 5.75 Å². The first-order valence-corrected chi connectivity index (χ1v) is 8.78. The fraction of sp³-hybridized carbons (Fsp3) is 0.300. The number of carbonyl (C=O) groups excluding carboxylic acids is 1. The highest BCUT2D eigenvalue weighted by Crippen LogP contribution is 2.16. The summed E-state index contributed by atoms with van der Waals surface area (Å²) < 4.78 is 15.7. The molecule has 0 amide bonds. The Morgan fingerprint density at radius 1 is 1.25 bits per heavy atom. The second-order valence-corrected chi connectivity index (χ2v) is 6.78. The van der Waals surface area contributed by atoms with E-state index in [4.69, 9.17) is 31.6 Å². The average Bonchev–Trinajstić information content (AvgIpc) is 3.11. The number of hydrogen-bond acceptors (Lipinski definition) is 6. The molecule has 1 heterocycles. The van der Waals surface area contributed by atoms with Crippen molar-refractivity contribution in [2.45, 2.75) is 25.3 Å². The fourth-order valence-electron chi connectivity index (χ4n) is 2.13. The monoisotopic (exact) mass is 405 g/mol. The molecule has 0 bridgehead atoms. The van der Waals surface area contributed by atoms with E-state index in [1.54, 1.807) is 43.3 Å². The SMILES string of the molecule is C[C@@](N)(CCc1ccc(C#CCOc2ccc(Cl)cc2)o1)COC(=O)C(=O)O. The van der Waals surface area contributed by atoms with Crippen LogP contribution in [0.3, 0.4) is 0 Å². The maximum atomic E-state index is 11.0. The van der Waals surface area contributed by atoms with Gasteiger partial charge in [0.15, 0.2) is 5.76 Å². The third-order valence-electron chi connectivity index (χ3n) is 3.65. The van der Waals surface area contributed by atoms with Crippen LogP contribution in [-0.4, -0.2) is 35.8 Å². The Morgan fingerprint density at radius 3 is 2.64 bits per heavy atom. The van der Waals surface area contributed by atoms with E-state index in [2.05, 4.69) is 16.6 Å². The number of hydrogen-bond donors (Lipinski definition) is 2. The van der Waals surface area contributed by atoms with Crippen molar-refractivity contribution >= 4 is 23.5 Å². The van der Waals surface area contributed by atoms with E-state index in [-0.39, 0.29) is 13.2 Å². The van der Waals surface area contributed by atoms with Crippen LogP contribution < -0.4 is 10.5 Å². The molecule has 0 aliphatic rings. The van der Waals surface area contributed by atoms with Crippen LogP contribution in [-0.2, 0) is 20.7 Å². The highest BCUT2D eigenvalue weighted by molar-refractivity contribution is 6.30. The third kappa shape index (κ3) is 7.35. The molecule has 0 spiro atoms. The van der Waals surface area contributed by atoms with Crippen LogP contribution in [0.4, 0.5) is 0 Å². The molecule has 0 aliphatic heterocycles. The molecule has 2 aromatic rings. The Labute approximate surface area is 167 Å². The van der Waals surface area contributed by atoms with E-state index < -0.39 is 17.5 Å². The van der Waals surface area contributed by atoms with Crippen LogP contribution >= 0.6 is 11.6 Å². The number of aliphatic carboxylic acids is 1. The third-order valence-corrected chi connectivity index (χ3v) is 3.90. The molecule has 0 unspecified atom stereocenters. The number of carbonyl (C=O) groups is 2. The van der Waals surface area contributed by atoms with Gasteiger partial charge in [0.05, 0.1) is 0 Å². The van der Waals surface area contributed by atoms with Crippen molar-refractivity contribution in [3.8, 4) is 17.6 Å². The standard InChI is InChI=1S/C20H20ClNO6/c1-20(22,13-27-19(25)18(23)24)11-10-17-9-8-16(28-17)3-2-12-26-15-6-4-14(21)5-7-15/h4-9H,10-13,22H2,1H3,(H,23,24)/t20-/m1/s1. The first-order valence-electron chi connectivity index (χ1n) is 8.40. The summed E-state index contributed by atoms with van der Waals surface area (Å²) >= 11 is 5.80. The molecule has 1 atom stereocenters. The van der Waals surface area contributed by atoms with E-state index >= 15 is 0 Å². The lowest BCUT2D eigenvalue weighted by molar-refractivity contribution is -0.164. The van der Waals surface area contributed by atoms with Gasteiger partial charge < -0.3 is 24.7 Å². The fourth-order valence-corrected chi connectivity index (χ4v) is 2.25. The summed E-state index contributed by atoms with van der Waals surface area (Å²) in [6.45, 7) is 1.67. The largest absolute Gasteiger partial charge is 0.481 e. The topological polar surface area (TPSA) is 112 Å². The number of ether oxygens (including phenoxy) is 2. The zero-order chi connectivity index (χ0) is 20.6. The Bertz CT molecular complexity index is 876. The summed E-state index contributed by atoms with van der Waals surface area (Å²) in [6, 6.07) is 10.5. The number of rotatable bonds is 7. The van der Waals surface area contributed by atoms with Crippen LogP contribution in [0.1, 0.15) is 24.9 Å². The van der Waals surface area contributed by atoms with Gasteiger partial charge in [0.2, 0.25) is 0 Å². The normalized spacial score (nSPS) is 12.4. The maximum Gasteiger partial charge on any atom is 0.417 e. The molecule has 8 heteroatoms. The first kappa shape index (κ1) is 21.4. The number of carboxylic acid groups (broad SMARTS) is 1. The molecule has 7 nitrogen and oxygen atoms in total. The number of halogens is 1. The highest BCUT2D eigenvalue weighted by atomic mass is 35.5. The van der Waals surface area contributed by atoms with Crippen molar-refractivity contribution in [1.82, 2.24) is 0 Å². The summed E-state index contributed by atoms with van der Waals surface area (Å²) in [6.07, 6.45) is 0.917. The molecule has 0 saturated carbocycles. The minimum absolute atomic E-state index is 0.201. The van der Waals surface area contributed by atoms with Gasteiger partial charge >= 0.3 is 11.9 Å². The minimum atomic E-state index is -1.65. The Hall–Kier alpha value is -2.95. The lowest BCUT2D eigenvalue weighted by atomic mass is 9.97. The zero-order valence-corrected chi connectivity index (χ0v) is 16.0. The van der Waals surface area contributed by atoms with Gasteiger partial charge in [0, 0.05) is 17.0 Å². The Morgan fingerprint density at radius 2 is 1.96 bits per heavy atom. The minimum Gasteiger partial charge on any atom is -0.481 e. The molecule has 0 fully saturated rings. The maximum absolute atomic E-state index is 11.0. The summed E-state index contributed by atoms with van der Waals surface area (Å²) in [5.74, 6) is 4.58. The average molecular weight is 406 g/mol. The molecular weight excluding hydrogens is 386 g/mol. The van der Waals surface area contributed by atoms with Crippen molar-refractivity contribution < 1.29 is 28.6 Å². The van der Waals surface area contributed by atoms with E-state index in [0.29, 0.717) is 35.1 Å². The second kappa shape index (κ2) is 9.83. The molecule has 28 heavy (non-hydrogen) atoms. The molecule has 3 N–H and O–H groups in total. The van der Waals surface area contributed by atoms with Crippen molar-refractivity contribution in [3.05, 3.63) is 52.9 Å². The van der Waals surface area contributed by atoms with Gasteiger partial charge in [-0.3, -0.25) is 0 Å². The van der Waals surface area contributed by atoms with Gasteiger partial charge in [0.1, 0.15) is 24.7 Å². The van der Waals surface area contributed by atoms with Gasteiger partial charge in [-0.25, -0.2) is 9.59 Å². The van der Waals surface area contributed by atoms with E-state index in [0.717, 1.165) is 0 Å². The summed E-state index contributed by atoms with van der Waals surface area (Å²) in [5.41, 5.74) is 5.14. The van der Waals surface area contributed by atoms with Gasteiger partial charge in [-0.15, -0.1) is 0 Å². The van der Waals surface area contributed by atoms with Crippen LogP contribution in [0.15, 0.2) is 40.8 Å². The number of esters is 1. The number of aryl methyl sites for hydroxylation is 1. The molecule has 1 aromatic heterocycles. The number of nitrogens with two attached hydrogens (primary N) is 1. The van der Waals surface area contributed by atoms with E-state index in [1.165, 1.54) is 0 Å². The van der Waals surface area contributed by atoms with E-state index in [9.17, 15) is 9.59 Å². The molecule has 0 saturated heterocycles. The van der Waals surface area contributed by atoms with Gasteiger partial charge in [0.25, 0.3) is 0 Å². The van der Waals surface area contributed by atoms with Crippen LogP contribution in [0, 0.1) is 11.8 Å². The number of benzene rings is 1. The van der Waals surface area contributed by atoms with Crippen molar-refractivity contribution in [2.75, 3.05) is 13.2 Å². The molecule has 0 aliphatic carbocycles. The van der Waals surface area contributed by atoms with E-state index in [1.807, 2.05) is 0 Å². The van der Waals surface area contributed by atoms with Crippen LogP contribution in [0.2, 0.25) is 5.02 Å². The highest BCUT2D eigenvalue weighted by Gasteiger charge is 2.23. The van der Waals surface area contributed by atoms with Gasteiger partial charge in [-0.2, -0.15) is 0 Å². The van der Waals surface area contributed by atoms with Gasteiger partial charge in [-0.1, -0.05) is 17.5 Å². The summed E-state index contributed by atoms with van der Waals surface area (Å²) in [5, 5.41) is 9.13. The quantitative estimate of drug-likeness (QED) is 0.413. The summed E-state index contributed by atoms with van der Waals surface area (Å²) in [4.78, 5) is 21.4. The molecular formula is C20H20ClNO6. The first-order chi connectivity index (χ1) is 13.2. The smallest absolute Gasteiger partial charge is 0.417 e. The molecule has 0 radical (unpaired) electrons. The number of furan rings is 1. The van der Waals surface area contributed by atoms with Crippen molar-refractivity contribution in [1.29, 1.82) is 0 Å². The van der Waals surface area contributed by atoms with Gasteiger partial charge in [-0.05, 0) is 55.7 Å². The lowest BCUT2D eigenvalue weighted by Crippen LogP contribution is -2.43. The zero-order valence-electron chi connectivity index (χ0n) is 15.2. The van der Waals surface area contributed by atoms with Crippen LogP contribution in [0.25, 0.3) is 0 Å². The lowest BCUT2D eigenvalue weighted by Gasteiger charge is -2.23. The molecule has 1 aromatic carbocycles. The molecule has 2 rings (SSSR count). The van der Waals surface area contributed by atoms with Crippen molar-refractivity contribution in [2.24, 2.45) is 5.73 Å². The van der Waals surface area contributed by atoms with Crippen molar-refractivity contribution in [3.63, 3.8) is 0 Å². The Kier molecular flexibility index (Phi) is 7.50. The second-order valence-electron chi connectivity index (χ2n) is 6.35. The summed E-state index contributed by atoms with van der Waals surface area (Å²) in [7, 11) is 0. The Balaban J connectivity index is 1.78. The molecule has 148 valence electrons.